The summed E-state index contributed by atoms with van der Waals surface area (Å²) in [5.74, 6) is -2.01. The molecule has 0 radical (unpaired) electrons. The van der Waals surface area contributed by atoms with Crippen molar-refractivity contribution < 1.29 is 23.1 Å². The van der Waals surface area contributed by atoms with E-state index in [0.29, 0.717) is 6.42 Å². The number of rotatable bonds is 5. The van der Waals surface area contributed by atoms with Crippen molar-refractivity contribution >= 4 is 21.7 Å². The largest absolute Gasteiger partial charge is 0.480 e. The van der Waals surface area contributed by atoms with Crippen molar-refractivity contribution in [3.05, 3.63) is 11.8 Å². The predicted octanol–water partition coefficient (Wildman–Crippen LogP) is -1.24. The second kappa shape index (κ2) is 6.38. The molecule has 1 rings (SSSR count). The minimum Gasteiger partial charge on any atom is -0.480 e. The van der Waals surface area contributed by atoms with E-state index in [0.717, 1.165) is 6.20 Å². The van der Waals surface area contributed by atoms with Crippen LogP contribution in [0.4, 0.5) is 0 Å². The number of carboxylic acid groups (broad SMARTS) is 1. The third-order valence-electron chi connectivity index (χ3n) is 2.78. The molecular weight excluding hydrogens is 286 g/mol. The normalized spacial score (nSPS) is 22.6. The van der Waals surface area contributed by atoms with Gasteiger partial charge in [-0.15, -0.1) is 0 Å². The van der Waals surface area contributed by atoms with Gasteiger partial charge < -0.3 is 15.7 Å². The van der Waals surface area contributed by atoms with Crippen molar-refractivity contribution in [3.63, 3.8) is 0 Å². The number of nitrogens with one attached hydrogen (secondary N) is 2. The van der Waals surface area contributed by atoms with Crippen LogP contribution in [0.25, 0.3) is 0 Å². The van der Waals surface area contributed by atoms with Crippen molar-refractivity contribution in [1.29, 1.82) is 5.26 Å². The fourth-order valence-electron chi connectivity index (χ4n) is 1.61. The fourth-order valence-corrected chi connectivity index (χ4v) is 3.30. The van der Waals surface area contributed by atoms with E-state index in [-0.39, 0.29) is 23.1 Å². The quantitative estimate of drug-likeness (QED) is 0.426. The Balaban J connectivity index is 2.62. The molecule has 1 amide bonds. The topological polar surface area (TPSA) is 136 Å². The van der Waals surface area contributed by atoms with Crippen molar-refractivity contribution in [2.45, 2.75) is 25.4 Å². The van der Waals surface area contributed by atoms with Gasteiger partial charge in [0.25, 0.3) is 5.91 Å². The summed E-state index contributed by atoms with van der Waals surface area (Å²) >= 11 is 0. The van der Waals surface area contributed by atoms with Crippen molar-refractivity contribution in [1.82, 2.24) is 10.6 Å². The molecule has 0 aromatic heterocycles. The van der Waals surface area contributed by atoms with Crippen LogP contribution in [-0.2, 0) is 19.4 Å². The van der Waals surface area contributed by atoms with E-state index in [4.69, 9.17) is 10.4 Å². The standard InChI is InChI=1S/C11H15N3O5S/c1-7(11(16)17)14-10(15)8(4-12)5-13-9-2-3-20(18,19)6-9/h5,7,9,13H,2-3,6H2,1H3,(H,14,15)(H,16,17)/b8-5-. The van der Waals surface area contributed by atoms with Crippen molar-refractivity contribution in [2.75, 3.05) is 11.5 Å². The van der Waals surface area contributed by atoms with Gasteiger partial charge in [0.15, 0.2) is 9.84 Å². The van der Waals surface area contributed by atoms with Crippen molar-refractivity contribution in [3.8, 4) is 6.07 Å². The first-order valence-corrected chi connectivity index (χ1v) is 7.67. The molecule has 0 spiro atoms. The molecule has 2 unspecified atom stereocenters. The Bertz CT molecular complexity index is 575. The zero-order chi connectivity index (χ0) is 15.3. The maximum atomic E-state index is 11.6. The minimum absolute atomic E-state index is 0.0463. The Kier molecular flexibility index (Phi) is 5.10. The summed E-state index contributed by atoms with van der Waals surface area (Å²) in [6, 6.07) is 0.176. The molecule has 0 bridgehead atoms. The zero-order valence-electron chi connectivity index (χ0n) is 10.8. The summed E-state index contributed by atoms with van der Waals surface area (Å²) in [6.45, 7) is 1.27. The van der Waals surface area contributed by atoms with Crippen LogP contribution in [0, 0.1) is 11.3 Å². The molecule has 3 N–H and O–H groups in total. The summed E-state index contributed by atoms with van der Waals surface area (Å²) in [4.78, 5) is 22.2. The van der Waals surface area contributed by atoms with Gasteiger partial charge in [-0.2, -0.15) is 5.26 Å². The van der Waals surface area contributed by atoms with Gasteiger partial charge >= 0.3 is 5.97 Å². The highest BCUT2D eigenvalue weighted by atomic mass is 32.2. The lowest BCUT2D eigenvalue weighted by molar-refractivity contribution is -0.140. The van der Waals surface area contributed by atoms with Gasteiger partial charge in [0.1, 0.15) is 17.7 Å². The Labute approximate surface area is 116 Å². The highest BCUT2D eigenvalue weighted by Crippen LogP contribution is 2.11. The summed E-state index contributed by atoms with van der Waals surface area (Å²) in [6.07, 6.45) is 1.53. The SMILES string of the molecule is CC(NC(=O)/C(C#N)=C\NC1CCS(=O)(=O)C1)C(=O)O. The number of nitrogens with zero attached hydrogens (tertiary/aromatic N) is 1. The van der Waals surface area contributed by atoms with E-state index in [9.17, 15) is 18.0 Å². The number of carbonyl (C=O) groups excluding carboxylic acids is 1. The number of hydrogen-bond donors (Lipinski definition) is 3. The Morgan fingerprint density at radius 3 is 2.60 bits per heavy atom. The first-order valence-electron chi connectivity index (χ1n) is 5.85. The number of amides is 1. The van der Waals surface area contributed by atoms with E-state index < -0.39 is 27.8 Å². The molecule has 1 aliphatic heterocycles. The summed E-state index contributed by atoms with van der Waals surface area (Å²) < 4.78 is 22.5. The number of aliphatic carboxylic acids is 1. The number of hydrogen-bond acceptors (Lipinski definition) is 6. The average molecular weight is 301 g/mol. The maximum Gasteiger partial charge on any atom is 0.325 e. The third kappa shape index (κ3) is 4.55. The molecule has 110 valence electrons. The van der Waals surface area contributed by atoms with Crippen LogP contribution in [0.3, 0.4) is 0 Å². The Morgan fingerprint density at radius 1 is 1.50 bits per heavy atom. The average Bonchev–Trinajstić information content (AvgIpc) is 2.69. The second-order valence-corrected chi connectivity index (χ2v) is 6.70. The third-order valence-corrected chi connectivity index (χ3v) is 4.55. The molecule has 1 saturated heterocycles. The van der Waals surface area contributed by atoms with Gasteiger partial charge in [0, 0.05) is 12.2 Å². The van der Waals surface area contributed by atoms with Crippen LogP contribution in [-0.4, -0.2) is 49.0 Å². The Hall–Kier alpha value is -2.08. The smallest absolute Gasteiger partial charge is 0.325 e. The molecule has 2 atom stereocenters. The molecule has 9 heteroatoms. The lowest BCUT2D eigenvalue weighted by atomic mass is 10.2. The van der Waals surface area contributed by atoms with E-state index in [1.807, 2.05) is 0 Å². The molecule has 1 fully saturated rings. The van der Waals surface area contributed by atoms with Crippen LogP contribution in [0.1, 0.15) is 13.3 Å². The minimum atomic E-state index is -3.05. The predicted molar refractivity (Wildman–Crippen MR) is 69.1 cm³/mol. The number of carbonyl (C=O) groups is 2. The highest BCUT2D eigenvalue weighted by Gasteiger charge is 2.27. The summed E-state index contributed by atoms with van der Waals surface area (Å²) in [5.41, 5.74) is -0.303. The summed E-state index contributed by atoms with van der Waals surface area (Å²) in [7, 11) is -3.05. The molecule has 1 heterocycles. The van der Waals surface area contributed by atoms with Gasteiger partial charge in [0.05, 0.1) is 11.5 Å². The molecular formula is C11H15N3O5S. The fraction of sp³-hybridized carbons (Fsp3) is 0.545. The van der Waals surface area contributed by atoms with Gasteiger partial charge in [-0.3, -0.25) is 9.59 Å². The molecule has 1 aliphatic rings. The molecule has 0 aromatic carbocycles. The lowest BCUT2D eigenvalue weighted by Crippen LogP contribution is -2.39. The highest BCUT2D eigenvalue weighted by molar-refractivity contribution is 7.91. The van der Waals surface area contributed by atoms with Gasteiger partial charge in [-0.1, -0.05) is 0 Å². The van der Waals surface area contributed by atoms with Gasteiger partial charge in [0.2, 0.25) is 0 Å². The monoisotopic (exact) mass is 301 g/mol. The van der Waals surface area contributed by atoms with Crippen LogP contribution in [0.5, 0.6) is 0 Å². The molecule has 8 nitrogen and oxygen atoms in total. The Morgan fingerprint density at radius 2 is 2.15 bits per heavy atom. The van der Waals surface area contributed by atoms with Gasteiger partial charge in [-0.05, 0) is 13.3 Å². The number of nitriles is 1. The van der Waals surface area contributed by atoms with E-state index in [1.165, 1.54) is 6.92 Å². The van der Waals surface area contributed by atoms with Crippen LogP contribution >= 0.6 is 0 Å². The number of carboxylic acids is 1. The lowest BCUT2D eigenvalue weighted by Gasteiger charge is -2.10. The maximum absolute atomic E-state index is 11.6. The van der Waals surface area contributed by atoms with Crippen LogP contribution in [0.2, 0.25) is 0 Å². The van der Waals surface area contributed by atoms with E-state index in [2.05, 4.69) is 10.6 Å². The molecule has 0 aliphatic carbocycles. The first kappa shape index (κ1) is 16.0. The molecule has 20 heavy (non-hydrogen) atoms. The second-order valence-electron chi connectivity index (χ2n) is 4.47. The molecule has 0 aromatic rings. The van der Waals surface area contributed by atoms with E-state index in [1.54, 1.807) is 6.07 Å². The van der Waals surface area contributed by atoms with E-state index >= 15 is 0 Å². The molecule has 0 saturated carbocycles. The summed E-state index contributed by atoms with van der Waals surface area (Å²) in [5, 5.41) is 22.3. The zero-order valence-corrected chi connectivity index (χ0v) is 11.6. The van der Waals surface area contributed by atoms with Crippen LogP contribution < -0.4 is 10.6 Å². The van der Waals surface area contributed by atoms with Gasteiger partial charge in [-0.25, -0.2) is 8.42 Å². The number of sulfone groups is 1. The van der Waals surface area contributed by atoms with Crippen LogP contribution in [0.15, 0.2) is 11.8 Å². The first-order chi connectivity index (χ1) is 9.25. The van der Waals surface area contributed by atoms with Crippen molar-refractivity contribution in [2.24, 2.45) is 0 Å².